The monoisotopic (exact) mass is 412 g/mol. The van der Waals surface area contributed by atoms with Crippen molar-refractivity contribution in [3.05, 3.63) is 89.8 Å². The molecule has 0 unspecified atom stereocenters. The fourth-order valence-electron chi connectivity index (χ4n) is 2.87. The number of carbonyl (C=O) groups is 1. The van der Waals surface area contributed by atoms with E-state index in [2.05, 4.69) is 0 Å². The summed E-state index contributed by atoms with van der Waals surface area (Å²) in [7, 11) is -3.20. The van der Waals surface area contributed by atoms with Crippen LogP contribution in [0.4, 0.5) is 4.39 Å². The van der Waals surface area contributed by atoms with Crippen LogP contribution < -0.4 is 4.74 Å². The predicted molar refractivity (Wildman–Crippen MR) is 108 cm³/mol. The molecule has 29 heavy (non-hydrogen) atoms. The molecule has 0 radical (unpaired) electrons. The van der Waals surface area contributed by atoms with Crippen molar-refractivity contribution in [1.29, 1.82) is 0 Å². The van der Waals surface area contributed by atoms with E-state index < -0.39 is 20.8 Å². The van der Waals surface area contributed by atoms with Crippen LogP contribution in [0.5, 0.6) is 5.75 Å². The highest BCUT2D eigenvalue weighted by molar-refractivity contribution is 7.86. The molecule has 0 saturated heterocycles. The summed E-state index contributed by atoms with van der Waals surface area (Å²) in [6, 6.07) is 16.9. The third-order valence-electron chi connectivity index (χ3n) is 4.22. The molecule has 0 aliphatic carbocycles. The summed E-state index contributed by atoms with van der Waals surface area (Å²) in [6.45, 7) is 0. The number of methoxy groups -OCH3 is 1. The van der Waals surface area contributed by atoms with Gasteiger partial charge in [0.2, 0.25) is 0 Å². The van der Waals surface area contributed by atoms with Gasteiger partial charge in [0.25, 0.3) is 10.1 Å². The van der Waals surface area contributed by atoms with E-state index in [0.717, 1.165) is 0 Å². The fourth-order valence-corrected chi connectivity index (χ4v) is 3.56. The van der Waals surface area contributed by atoms with Crippen LogP contribution in [-0.4, -0.2) is 25.9 Å². The van der Waals surface area contributed by atoms with Gasteiger partial charge in [0.05, 0.1) is 7.11 Å². The summed E-state index contributed by atoms with van der Waals surface area (Å²) in [6.07, 6.45) is 2.71. The molecule has 0 spiro atoms. The molecule has 0 saturated carbocycles. The maximum Gasteiger partial charge on any atom is 0.298 e. The number of halogens is 1. The van der Waals surface area contributed by atoms with Crippen LogP contribution in [0.2, 0.25) is 0 Å². The number of rotatable bonds is 6. The molecule has 0 atom stereocenters. The number of hydrogen-bond acceptors (Lipinski definition) is 4. The van der Waals surface area contributed by atoms with Gasteiger partial charge in [-0.1, -0.05) is 48.5 Å². The summed E-state index contributed by atoms with van der Waals surface area (Å²) in [5.41, 5.74) is 1.91. The van der Waals surface area contributed by atoms with Crippen molar-refractivity contribution in [1.82, 2.24) is 0 Å². The maximum absolute atomic E-state index is 13.6. The van der Waals surface area contributed by atoms with Gasteiger partial charge in [-0.25, -0.2) is 4.39 Å². The summed E-state index contributed by atoms with van der Waals surface area (Å²) >= 11 is 0. The molecule has 0 fully saturated rings. The van der Waals surface area contributed by atoms with E-state index in [9.17, 15) is 22.2 Å². The third-order valence-corrected chi connectivity index (χ3v) is 5.10. The fraction of sp³-hybridized carbons (Fsp3) is 0.0455. The van der Waals surface area contributed by atoms with Gasteiger partial charge >= 0.3 is 0 Å². The lowest BCUT2D eigenvalue weighted by Gasteiger charge is -2.08. The van der Waals surface area contributed by atoms with Gasteiger partial charge in [-0.3, -0.25) is 9.35 Å². The first-order valence-corrected chi connectivity index (χ1v) is 9.96. The first-order chi connectivity index (χ1) is 13.8. The zero-order valence-electron chi connectivity index (χ0n) is 15.4. The van der Waals surface area contributed by atoms with Crippen LogP contribution in [0.15, 0.2) is 77.7 Å². The van der Waals surface area contributed by atoms with Crippen molar-refractivity contribution in [3.63, 3.8) is 0 Å². The van der Waals surface area contributed by atoms with Crippen molar-refractivity contribution < 1.29 is 26.9 Å². The number of ketones is 1. The molecule has 0 heterocycles. The number of hydrogen-bond donors (Lipinski definition) is 1. The Morgan fingerprint density at radius 2 is 1.79 bits per heavy atom. The minimum Gasteiger partial charge on any atom is -0.495 e. The Kier molecular flexibility index (Phi) is 5.91. The van der Waals surface area contributed by atoms with Crippen LogP contribution >= 0.6 is 0 Å². The van der Waals surface area contributed by atoms with Gasteiger partial charge in [-0.15, -0.1) is 0 Å². The Labute approximate surface area is 167 Å². The molecule has 5 nitrogen and oxygen atoms in total. The van der Waals surface area contributed by atoms with Crippen molar-refractivity contribution in [3.8, 4) is 16.9 Å². The second kappa shape index (κ2) is 8.38. The highest BCUT2D eigenvalue weighted by Gasteiger charge is 2.17. The molecule has 0 aliphatic heterocycles. The van der Waals surface area contributed by atoms with Gasteiger partial charge < -0.3 is 4.74 Å². The zero-order chi connectivity index (χ0) is 21.0. The maximum atomic E-state index is 13.6. The van der Waals surface area contributed by atoms with Crippen LogP contribution in [0.25, 0.3) is 17.2 Å². The Hall–Kier alpha value is -3.29. The van der Waals surface area contributed by atoms with Crippen LogP contribution in [-0.2, 0) is 10.1 Å². The second-order valence-electron chi connectivity index (χ2n) is 6.14. The lowest BCUT2D eigenvalue weighted by molar-refractivity contribution is 0.104. The van der Waals surface area contributed by atoms with Crippen molar-refractivity contribution >= 4 is 22.0 Å². The average molecular weight is 412 g/mol. The third kappa shape index (κ3) is 4.77. The lowest BCUT2D eigenvalue weighted by atomic mass is 9.96. The first-order valence-electron chi connectivity index (χ1n) is 8.52. The van der Waals surface area contributed by atoms with Crippen molar-refractivity contribution in [2.75, 3.05) is 7.11 Å². The normalized spacial score (nSPS) is 11.6. The predicted octanol–water partition coefficient (Wildman–Crippen LogP) is 4.64. The molecule has 148 valence electrons. The number of benzene rings is 3. The Balaban J connectivity index is 1.95. The van der Waals surface area contributed by atoms with E-state index in [1.165, 1.54) is 43.5 Å². The van der Waals surface area contributed by atoms with Gasteiger partial charge in [-0.05, 0) is 47.0 Å². The molecule has 0 bridgehead atoms. The molecule has 3 rings (SSSR count). The molecule has 1 N–H and O–H groups in total. The molecule has 0 aromatic heterocycles. The zero-order valence-corrected chi connectivity index (χ0v) is 16.2. The molecular formula is C22H17FO5S. The summed E-state index contributed by atoms with van der Waals surface area (Å²) in [4.78, 5) is 12.3. The van der Waals surface area contributed by atoms with Crippen LogP contribution in [0.3, 0.4) is 0 Å². The summed E-state index contributed by atoms with van der Waals surface area (Å²) < 4.78 is 50.9. The van der Waals surface area contributed by atoms with Gasteiger partial charge in [0, 0.05) is 5.56 Å². The van der Waals surface area contributed by atoms with E-state index >= 15 is 0 Å². The van der Waals surface area contributed by atoms with Gasteiger partial charge in [-0.2, -0.15) is 8.42 Å². The molecule has 0 amide bonds. The highest BCUT2D eigenvalue weighted by atomic mass is 32.2. The topological polar surface area (TPSA) is 80.7 Å². The highest BCUT2D eigenvalue weighted by Crippen LogP contribution is 2.27. The van der Waals surface area contributed by atoms with Crippen molar-refractivity contribution in [2.45, 2.75) is 4.90 Å². The van der Waals surface area contributed by atoms with E-state index in [-0.39, 0.29) is 11.5 Å². The molecule has 3 aromatic rings. The molecule has 3 aromatic carbocycles. The standard InChI is InChI=1S/C22H17FO5S/c1-28-21-12-10-15(13-22(21)29(25,26)27)9-11-20(24)19-8-3-2-7-18(19)16-5-4-6-17(23)14-16/h2-14H,1H3,(H,25,26,27)/b11-9+. The lowest BCUT2D eigenvalue weighted by Crippen LogP contribution is -2.02. The largest absolute Gasteiger partial charge is 0.495 e. The molecule has 7 heteroatoms. The number of carbonyl (C=O) groups excluding carboxylic acids is 1. The van der Waals surface area contributed by atoms with Crippen LogP contribution in [0, 0.1) is 5.82 Å². The Morgan fingerprint density at radius 1 is 1.03 bits per heavy atom. The molecular weight excluding hydrogens is 395 g/mol. The number of allylic oxidation sites excluding steroid dienone is 1. The molecule has 0 aliphatic rings. The quantitative estimate of drug-likeness (QED) is 0.362. The minimum absolute atomic E-state index is 0.00701. The van der Waals surface area contributed by atoms with E-state index in [1.54, 1.807) is 42.5 Å². The van der Waals surface area contributed by atoms with E-state index in [1.807, 2.05) is 0 Å². The SMILES string of the molecule is COc1ccc(/C=C/C(=O)c2ccccc2-c2cccc(F)c2)cc1S(=O)(=O)O. The Bertz CT molecular complexity index is 1200. The Morgan fingerprint density at radius 3 is 2.48 bits per heavy atom. The average Bonchev–Trinajstić information content (AvgIpc) is 2.71. The van der Waals surface area contributed by atoms with Gasteiger partial charge in [0.15, 0.2) is 5.78 Å². The first kappa shape index (κ1) is 20.4. The summed E-state index contributed by atoms with van der Waals surface area (Å²) in [5, 5.41) is 0. The van der Waals surface area contributed by atoms with Gasteiger partial charge in [0.1, 0.15) is 16.5 Å². The second-order valence-corrected chi connectivity index (χ2v) is 7.53. The minimum atomic E-state index is -4.48. The van der Waals surface area contributed by atoms with Crippen LogP contribution in [0.1, 0.15) is 15.9 Å². The smallest absolute Gasteiger partial charge is 0.298 e. The van der Waals surface area contributed by atoms with E-state index in [4.69, 9.17) is 4.74 Å². The summed E-state index contributed by atoms with van der Waals surface area (Å²) in [5.74, 6) is -0.752. The number of ether oxygens (including phenoxy) is 1. The van der Waals surface area contributed by atoms with Crippen molar-refractivity contribution in [2.24, 2.45) is 0 Å². The van der Waals surface area contributed by atoms with E-state index in [0.29, 0.717) is 22.3 Å².